The average Bonchev–Trinajstić information content (AvgIpc) is 3.49. The summed E-state index contributed by atoms with van der Waals surface area (Å²) < 4.78 is 11.9. The molecular formula is C35H58N2O6. The van der Waals surface area contributed by atoms with Gasteiger partial charge in [-0.3, -0.25) is 14.4 Å². The van der Waals surface area contributed by atoms with Gasteiger partial charge in [-0.05, 0) is 36.2 Å². The summed E-state index contributed by atoms with van der Waals surface area (Å²) in [5.74, 6) is -0.457. The molecule has 244 valence electrons. The predicted octanol–water partition coefficient (Wildman–Crippen LogP) is 5.53. The smallest absolute Gasteiger partial charge is 0.225 e. The van der Waals surface area contributed by atoms with Gasteiger partial charge in [0.15, 0.2) is 0 Å². The molecule has 43 heavy (non-hydrogen) atoms. The highest BCUT2D eigenvalue weighted by molar-refractivity contribution is 5.82. The van der Waals surface area contributed by atoms with Gasteiger partial charge in [-0.2, -0.15) is 0 Å². The minimum absolute atomic E-state index is 0.0136. The molecule has 1 aliphatic heterocycles. The van der Waals surface area contributed by atoms with Gasteiger partial charge in [-0.1, -0.05) is 85.2 Å². The van der Waals surface area contributed by atoms with Gasteiger partial charge in [0, 0.05) is 46.1 Å². The fourth-order valence-corrected chi connectivity index (χ4v) is 6.54. The van der Waals surface area contributed by atoms with Gasteiger partial charge in [0.25, 0.3) is 0 Å². The molecule has 1 saturated heterocycles. The molecule has 0 spiro atoms. The van der Waals surface area contributed by atoms with Crippen LogP contribution < -0.4 is 0 Å². The molecule has 8 heteroatoms. The predicted molar refractivity (Wildman–Crippen MR) is 170 cm³/mol. The van der Waals surface area contributed by atoms with Gasteiger partial charge in [-0.15, -0.1) is 0 Å². The third-order valence-corrected chi connectivity index (χ3v) is 9.95. The quantitative estimate of drug-likeness (QED) is 0.252. The molecular weight excluding hydrogens is 544 g/mol. The van der Waals surface area contributed by atoms with Gasteiger partial charge in [0.1, 0.15) is 5.78 Å². The summed E-state index contributed by atoms with van der Waals surface area (Å²) in [5, 5.41) is 10.8. The maximum atomic E-state index is 13.9. The number of Topliss-reactive ketones (excluding diaryl/α,β-unsaturated/α-hetero) is 1. The molecule has 1 N–H and O–H groups in total. The van der Waals surface area contributed by atoms with Gasteiger partial charge in [0.2, 0.25) is 11.8 Å². The summed E-state index contributed by atoms with van der Waals surface area (Å²) in [6, 6.07) is 8.92. The molecule has 1 fully saturated rings. The van der Waals surface area contributed by atoms with E-state index in [0.29, 0.717) is 6.54 Å². The first kappa shape index (κ1) is 36.9. The Morgan fingerprint density at radius 1 is 0.953 bits per heavy atom. The molecule has 0 saturated carbocycles. The minimum atomic E-state index is -0.735. The van der Waals surface area contributed by atoms with E-state index in [4.69, 9.17) is 9.47 Å². The number of methoxy groups -OCH3 is 2. The summed E-state index contributed by atoms with van der Waals surface area (Å²) in [6.07, 6.45) is 1.14. The lowest BCUT2D eigenvalue weighted by atomic mass is 9.85. The number of ketones is 1. The number of aliphatic hydroxyl groups is 1. The number of carbonyl (C=O) groups excluding carboxylic acids is 3. The van der Waals surface area contributed by atoms with Crippen LogP contribution in [0.25, 0.3) is 0 Å². The zero-order chi connectivity index (χ0) is 32.4. The van der Waals surface area contributed by atoms with E-state index in [1.807, 2.05) is 76.9 Å². The van der Waals surface area contributed by atoms with Crippen molar-refractivity contribution in [1.82, 2.24) is 9.80 Å². The van der Waals surface area contributed by atoms with Crippen molar-refractivity contribution in [2.75, 3.05) is 27.8 Å². The van der Waals surface area contributed by atoms with E-state index >= 15 is 0 Å². The maximum absolute atomic E-state index is 13.9. The molecule has 0 bridgehead atoms. The number of carbonyl (C=O) groups is 3. The largest absolute Gasteiger partial charge is 0.388 e. The number of hydrogen-bond acceptors (Lipinski definition) is 6. The number of aliphatic hydroxyl groups excluding tert-OH is 1. The van der Waals surface area contributed by atoms with Crippen molar-refractivity contribution < 1.29 is 29.0 Å². The SMILES string of the molecule is CC[C@H](C)[C@@H]([C@@H](CC(=O)N1CCC[C@H]1[C@H](OC)[C@@H](C)C(=O)C[C@H](C)[C@@H](O)c1ccccc1)OC)N(C)C(=O)[C@@H](C)C(C)C. The maximum Gasteiger partial charge on any atom is 0.225 e. The third kappa shape index (κ3) is 9.35. The zero-order valence-electron chi connectivity index (χ0n) is 28.3. The van der Waals surface area contributed by atoms with Crippen LogP contribution in [0.2, 0.25) is 0 Å². The van der Waals surface area contributed by atoms with Crippen molar-refractivity contribution >= 4 is 17.6 Å². The number of hydrogen-bond donors (Lipinski definition) is 1. The molecule has 9 atom stereocenters. The van der Waals surface area contributed by atoms with Crippen molar-refractivity contribution in [3.8, 4) is 0 Å². The standard InChI is InChI=1S/C35H58N2O6/c1-11-23(4)32(36(8)35(41)25(6)22(2)3)30(42-9)21-31(39)37-19-15-18-28(37)34(43-10)26(7)29(38)20-24(5)33(40)27-16-13-12-14-17-27/h12-14,16-17,22-26,28,30,32-34,40H,11,15,18-21H2,1-10H3/t23-,24-,25-,26-,28-,30+,32-,33+,34+/m0/s1. The number of amides is 2. The van der Waals surface area contributed by atoms with E-state index in [0.717, 1.165) is 24.8 Å². The lowest BCUT2D eigenvalue weighted by molar-refractivity contribution is -0.147. The van der Waals surface area contributed by atoms with Crippen LogP contribution in [0.4, 0.5) is 0 Å². The van der Waals surface area contributed by atoms with Crippen molar-refractivity contribution in [3.63, 3.8) is 0 Å². The number of nitrogens with zero attached hydrogens (tertiary/aromatic N) is 2. The highest BCUT2D eigenvalue weighted by atomic mass is 16.5. The Kier molecular flexibility index (Phi) is 14.8. The van der Waals surface area contributed by atoms with Crippen LogP contribution in [0.3, 0.4) is 0 Å². The number of benzene rings is 1. The fourth-order valence-electron chi connectivity index (χ4n) is 6.54. The summed E-state index contributed by atoms with van der Waals surface area (Å²) >= 11 is 0. The third-order valence-electron chi connectivity index (χ3n) is 9.95. The molecule has 2 amide bonds. The molecule has 0 aromatic heterocycles. The molecule has 2 rings (SSSR count). The summed E-state index contributed by atoms with van der Waals surface area (Å²) in [7, 11) is 5.05. The number of ether oxygens (including phenoxy) is 2. The zero-order valence-corrected chi connectivity index (χ0v) is 28.3. The summed E-state index contributed by atoms with van der Waals surface area (Å²) in [5.41, 5.74) is 0.792. The molecule has 1 aliphatic rings. The highest BCUT2D eigenvalue weighted by Gasteiger charge is 2.42. The Morgan fingerprint density at radius 3 is 2.12 bits per heavy atom. The van der Waals surface area contributed by atoms with Crippen LogP contribution in [0.15, 0.2) is 30.3 Å². The first-order valence-corrected chi connectivity index (χ1v) is 16.2. The Morgan fingerprint density at radius 2 is 1.58 bits per heavy atom. The fraction of sp³-hybridized carbons (Fsp3) is 0.743. The van der Waals surface area contributed by atoms with E-state index in [1.54, 1.807) is 19.1 Å². The van der Waals surface area contributed by atoms with Gasteiger partial charge in [-0.25, -0.2) is 0 Å². The lowest BCUT2D eigenvalue weighted by Crippen LogP contribution is -2.53. The second kappa shape index (κ2) is 17.3. The lowest BCUT2D eigenvalue weighted by Gasteiger charge is -2.40. The highest BCUT2D eigenvalue weighted by Crippen LogP contribution is 2.32. The Balaban J connectivity index is 2.17. The van der Waals surface area contributed by atoms with Gasteiger partial charge in [0.05, 0.1) is 36.8 Å². The minimum Gasteiger partial charge on any atom is -0.388 e. The Labute approximate surface area is 260 Å². The summed E-state index contributed by atoms with van der Waals surface area (Å²) in [6.45, 7) is 14.6. The van der Waals surface area contributed by atoms with Crippen LogP contribution in [0, 0.1) is 29.6 Å². The van der Waals surface area contributed by atoms with Crippen LogP contribution >= 0.6 is 0 Å². The van der Waals surface area contributed by atoms with Gasteiger partial charge >= 0.3 is 0 Å². The van der Waals surface area contributed by atoms with Crippen molar-refractivity contribution in [2.24, 2.45) is 29.6 Å². The topological polar surface area (TPSA) is 96.4 Å². The first-order valence-electron chi connectivity index (χ1n) is 16.2. The number of likely N-dealkylation sites (N-methyl/N-ethyl adjacent to an activating group) is 1. The Bertz CT molecular complexity index is 1020. The van der Waals surface area contributed by atoms with Crippen molar-refractivity contribution in [2.45, 2.75) is 111 Å². The second-order valence-electron chi connectivity index (χ2n) is 13.1. The average molecular weight is 603 g/mol. The van der Waals surface area contributed by atoms with E-state index < -0.39 is 24.2 Å². The molecule has 0 unspecified atom stereocenters. The van der Waals surface area contributed by atoms with Crippen LogP contribution in [-0.2, 0) is 23.9 Å². The van der Waals surface area contributed by atoms with Gasteiger partial charge < -0.3 is 24.4 Å². The molecule has 1 heterocycles. The number of rotatable bonds is 17. The molecule has 0 aliphatic carbocycles. The van der Waals surface area contributed by atoms with E-state index in [2.05, 4.69) is 13.8 Å². The number of likely N-dealkylation sites (tertiary alicyclic amines) is 1. The molecule has 8 nitrogen and oxygen atoms in total. The monoisotopic (exact) mass is 602 g/mol. The second-order valence-corrected chi connectivity index (χ2v) is 13.1. The van der Waals surface area contributed by atoms with Crippen molar-refractivity contribution in [1.29, 1.82) is 0 Å². The van der Waals surface area contributed by atoms with Crippen LogP contribution in [-0.4, -0.2) is 84.6 Å². The molecule has 1 aromatic rings. The molecule has 0 radical (unpaired) electrons. The van der Waals surface area contributed by atoms with Crippen molar-refractivity contribution in [3.05, 3.63) is 35.9 Å². The van der Waals surface area contributed by atoms with E-state index in [9.17, 15) is 19.5 Å². The van der Waals surface area contributed by atoms with E-state index in [1.165, 1.54) is 0 Å². The normalized spacial score (nSPS) is 21.0. The molecule has 1 aromatic carbocycles. The summed E-state index contributed by atoms with van der Waals surface area (Å²) in [4.78, 5) is 44.3. The Hall–Kier alpha value is -2.29. The van der Waals surface area contributed by atoms with Crippen LogP contribution in [0.1, 0.15) is 92.2 Å². The van der Waals surface area contributed by atoms with E-state index in [-0.39, 0.29) is 66.2 Å². The van der Waals surface area contributed by atoms with Crippen LogP contribution in [0.5, 0.6) is 0 Å². The first-order chi connectivity index (χ1) is 20.3.